The molecule has 0 unspecified atom stereocenters. The van der Waals surface area contributed by atoms with Crippen LogP contribution >= 0.6 is 11.6 Å². The first-order valence-corrected chi connectivity index (χ1v) is 4.32. The summed E-state index contributed by atoms with van der Waals surface area (Å²) in [5.41, 5.74) is 0.844. The van der Waals surface area contributed by atoms with E-state index in [0.717, 1.165) is 5.56 Å². The molecule has 0 aliphatic carbocycles. The summed E-state index contributed by atoms with van der Waals surface area (Å²) in [6, 6.07) is 1.69. The van der Waals surface area contributed by atoms with Crippen LogP contribution in [0.3, 0.4) is 0 Å². The monoisotopic (exact) mass is 201 g/mol. The largest absolute Gasteiger partial charge is 0.441 e. The van der Waals surface area contributed by atoms with E-state index < -0.39 is 0 Å². The number of nitrogens with zero attached hydrogens (tertiary/aromatic N) is 1. The molecule has 0 aromatic carbocycles. The molecule has 1 rings (SSSR count). The summed E-state index contributed by atoms with van der Waals surface area (Å²) in [4.78, 5) is 12.9. The fourth-order valence-corrected chi connectivity index (χ4v) is 1.23. The molecule has 1 aromatic rings. The summed E-state index contributed by atoms with van der Waals surface area (Å²) in [6.07, 6.45) is 0. The standard InChI is InChI=1S/C9H12ClNO2/c1-6(12)8-4-7(5-11(2)3)9(10)13-8/h4H,5H2,1-3H3. The normalized spacial score (nSPS) is 10.8. The molecule has 0 atom stereocenters. The van der Waals surface area contributed by atoms with E-state index in [0.29, 0.717) is 17.5 Å². The number of furan rings is 1. The zero-order valence-corrected chi connectivity index (χ0v) is 8.68. The molecule has 0 fully saturated rings. The molecular weight excluding hydrogens is 190 g/mol. The highest BCUT2D eigenvalue weighted by Gasteiger charge is 2.12. The molecule has 3 nitrogen and oxygen atoms in total. The van der Waals surface area contributed by atoms with E-state index in [2.05, 4.69) is 0 Å². The number of Topliss-reactive ketones (excluding diaryl/α,β-unsaturated/α-hetero) is 1. The molecule has 0 saturated carbocycles. The lowest BCUT2D eigenvalue weighted by atomic mass is 10.2. The predicted octanol–water partition coefficient (Wildman–Crippen LogP) is 2.20. The molecule has 0 amide bonds. The first-order chi connectivity index (χ1) is 6.00. The molecular formula is C9H12ClNO2. The minimum atomic E-state index is -0.105. The molecule has 0 saturated heterocycles. The fourth-order valence-electron chi connectivity index (χ4n) is 1.03. The van der Waals surface area contributed by atoms with E-state index in [9.17, 15) is 4.79 Å². The molecule has 0 spiro atoms. The van der Waals surface area contributed by atoms with Gasteiger partial charge in [0.2, 0.25) is 0 Å². The van der Waals surface area contributed by atoms with Crippen molar-refractivity contribution in [2.24, 2.45) is 0 Å². The van der Waals surface area contributed by atoms with Crippen molar-refractivity contribution in [2.75, 3.05) is 14.1 Å². The molecule has 0 aliphatic rings. The van der Waals surface area contributed by atoms with Gasteiger partial charge >= 0.3 is 0 Å². The first kappa shape index (κ1) is 10.3. The van der Waals surface area contributed by atoms with Crippen LogP contribution in [0.15, 0.2) is 10.5 Å². The summed E-state index contributed by atoms with van der Waals surface area (Å²) in [7, 11) is 3.85. The Balaban J connectivity index is 2.90. The SMILES string of the molecule is CC(=O)c1cc(CN(C)C)c(Cl)o1. The number of ketones is 1. The third kappa shape index (κ3) is 2.57. The molecule has 1 aromatic heterocycles. The van der Waals surface area contributed by atoms with E-state index in [1.54, 1.807) is 6.07 Å². The number of rotatable bonds is 3. The molecule has 1 heterocycles. The van der Waals surface area contributed by atoms with Gasteiger partial charge in [-0.25, -0.2) is 0 Å². The van der Waals surface area contributed by atoms with Crippen molar-refractivity contribution in [3.63, 3.8) is 0 Å². The van der Waals surface area contributed by atoms with Crippen LogP contribution in [-0.2, 0) is 6.54 Å². The maximum absolute atomic E-state index is 10.9. The van der Waals surface area contributed by atoms with Gasteiger partial charge in [0.05, 0.1) is 0 Å². The average molecular weight is 202 g/mol. The Kier molecular flexibility index (Phi) is 3.12. The number of halogens is 1. The van der Waals surface area contributed by atoms with Crippen LogP contribution in [0.25, 0.3) is 0 Å². The Bertz CT molecular complexity index is 317. The van der Waals surface area contributed by atoms with Gasteiger partial charge < -0.3 is 9.32 Å². The Morgan fingerprint density at radius 3 is 2.62 bits per heavy atom. The lowest BCUT2D eigenvalue weighted by Crippen LogP contribution is -2.10. The Labute approximate surface area is 82.3 Å². The van der Waals surface area contributed by atoms with Gasteiger partial charge in [0.15, 0.2) is 16.8 Å². The van der Waals surface area contributed by atoms with Gasteiger partial charge in [-0.2, -0.15) is 0 Å². The van der Waals surface area contributed by atoms with Crippen LogP contribution in [0.5, 0.6) is 0 Å². The Morgan fingerprint density at radius 2 is 2.23 bits per heavy atom. The van der Waals surface area contributed by atoms with Gasteiger partial charge in [0.1, 0.15) is 0 Å². The van der Waals surface area contributed by atoms with Crippen LogP contribution in [-0.4, -0.2) is 24.8 Å². The van der Waals surface area contributed by atoms with Gasteiger partial charge in [0, 0.05) is 19.0 Å². The Hall–Kier alpha value is -0.800. The van der Waals surface area contributed by atoms with E-state index in [1.165, 1.54) is 6.92 Å². The van der Waals surface area contributed by atoms with Crippen LogP contribution in [0.2, 0.25) is 5.22 Å². The first-order valence-electron chi connectivity index (χ1n) is 3.94. The molecule has 72 valence electrons. The average Bonchev–Trinajstić information content (AvgIpc) is 2.31. The van der Waals surface area contributed by atoms with Crippen molar-refractivity contribution in [2.45, 2.75) is 13.5 Å². The summed E-state index contributed by atoms with van der Waals surface area (Å²) in [5, 5.41) is 0.305. The van der Waals surface area contributed by atoms with Crippen molar-refractivity contribution >= 4 is 17.4 Å². The lowest BCUT2D eigenvalue weighted by molar-refractivity contribution is 0.0987. The maximum Gasteiger partial charge on any atom is 0.198 e. The zero-order chi connectivity index (χ0) is 10.0. The van der Waals surface area contributed by atoms with Crippen LogP contribution in [0, 0.1) is 0 Å². The molecule has 0 aliphatic heterocycles. The van der Waals surface area contributed by atoms with Crippen molar-refractivity contribution < 1.29 is 9.21 Å². The quantitative estimate of drug-likeness (QED) is 0.703. The highest BCUT2D eigenvalue weighted by Crippen LogP contribution is 2.22. The topological polar surface area (TPSA) is 33.5 Å². The summed E-state index contributed by atoms with van der Waals surface area (Å²) >= 11 is 5.79. The van der Waals surface area contributed by atoms with E-state index >= 15 is 0 Å². The number of carbonyl (C=O) groups excluding carboxylic acids is 1. The van der Waals surface area contributed by atoms with Gasteiger partial charge in [0.25, 0.3) is 0 Å². The minimum absolute atomic E-state index is 0.105. The maximum atomic E-state index is 10.9. The Morgan fingerprint density at radius 1 is 1.62 bits per heavy atom. The van der Waals surface area contributed by atoms with Crippen molar-refractivity contribution in [1.82, 2.24) is 4.90 Å². The molecule has 0 N–H and O–H groups in total. The second-order valence-corrected chi connectivity index (χ2v) is 3.55. The minimum Gasteiger partial charge on any atom is -0.441 e. The summed E-state index contributed by atoms with van der Waals surface area (Å²) in [6.45, 7) is 2.13. The third-order valence-corrected chi connectivity index (χ3v) is 1.91. The number of carbonyl (C=O) groups is 1. The predicted molar refractivity (Wildman–Crippen MR) is 51.1 cm³/mol. The van der Waals surface area contributed by atoms with Crippen molar-refractivity contribution in [1.29, 1.82) is 0 Å². The van der Waals surface area contributed by atoms with Gasteiger partial charge in [-0.1, -0.05) is 0 Å². The lowest BCUT2D eigenvalue weighted by Gasteiger charge is -2.06. The molecule has 4 heteroatoms. The highest BCUT2D eigenvalue weighted by molar-refractivity contribution is 6.29. The highest BCUT2D eigenvalue weighted by atomic mass is 35.5. The van der Waals surface area contributed by atoms with Gasteiger partial charge in [-0.3, -0.25) is 4.79 Å². The number of hydrogen-bond acceptors (Lipinski definition) is 3. The second kappa shape index (κ2) is 3.94. The summed E-state index contributed by atoms with van der Waals surface area (Å²) in [5.74, 6) is 0.216. The molecule has 0 radical (unpaired) electrons. The molecule has 0 bridgehead atoms. The number of hydrogen-bond donors (Lipinski definition) is 0. The van der Waals surface area contributed by atoms with E-state index in [4.69, 9.17) is 16.0 Å². The van der Waals surface area contributed by atoms with Crippen molar-refractivity contribution in [3.05, 3.63) is 22.6 Å². The second-order valence-electron chi connectivity index (χ2n) is 3.20. The van der Waals surface area contributed by atoms with Crippen LogP contribution in [0.4, 0.5) is 0 Å². The summed E-state index contributed by atoms with van der Waals surface area (Å²) < 4.78 is 5.07. The van der Waals surface area contributed by atoms with Crippen LogP contribution in [0.1, 0.15) is 23.0 Å². The van der Waals surface area contributed by atoms with Gasteiger partial charge in [-0.05, 0) is 31.8 Å². The van der Waals surface area contributed by atoms with Gasteiger partial charge in [-0.15, -0.1) is 0 Å². The zero-order valence-electron chi connectivity index (χ0n) is 7.93. The van der Waals surface area contributed by atoms with E-state index in [-0.39, 0.29) is 5.78 Å². The van der Waals surface area contributed by atoms with E-state index in [1.807, 2.05) is 19.0 Å². The third-order valence-electron chi connectivity index (χ3n) is 1.59. The molecule has 13 heavy (non-hydrogen) atoms. The van der Waals surface area contributed by atoms with Crippen molar-refractivity contribution in [3.8, 4) is 0 Å². The van der Waals surface area contributed by atoms with Crippen LogP contribution < -0.4 is 0 Å². The fraction of sp³-hybridized carbons (Fsp3) is 0.444. The smallest absolute Gasteiger partial charge is 0.198 e.